The summed E-state index contributed by atoms with van der Waals surface area (Å²) in [5, 5.41) is 0. The predicted molar refractivity (Wildman–Crippen MR) is 89.4 cm³/mol. The van der Waals surface area contributed by atoms with Crippen molar-refractivity contribution in [2.75, 3.05) is 6.61 Å². The van der Waals surface area contributed by atoms with E-state index >= 15 is 0 Å². The molecule has 1 saturated heterocycles. The van der Waals surface area contributed by atoms with Gasteiger partial charge in [0.05, 0.1) is 5.71 Å². The minimum atomic E-state index is -3.03. The molecule has 3 nitrogen and oxygen atoms in total. The van der Waals surface area contributed by atoms with E-state index in [2.05, 4.69) is 4.40 Å². The zero-order valence-electron chi connectivity index (χ0n) is 13.9. The van der Waals surface area contributed by atoms with E-state index in [1.165, 1.54) is 12.1 Å². The highest BCUT2D eigenvalue weighted by Gasteiger charge is 2.44. The monoisotopic (exact) mass is 343 g/mol. The Morgan fingerprint density at radius 2 is 2.04 bits per heavy atom. The summed E-state index contributed by atoms with van der Waals surface area (Å²) in [6.45, 7) is 7.53. The molecule has 128 valence electrons. The number of hydrogen-bond acceptors (Lipinski definition) is 3. The van der Waals surface area contributed by atoms with Crippen molar-refractivity contribution in [2.24, 2.45) is 4.40 Å². The van der Waals surface area contributed by atoms with Crippen LogP contribution in [0.5, 0.6) is 0 Å². The first-order valence-corrected chi connectivity index (χ1v) is 8.80. The van der Waals surface area contributed by atoms with Crippen LogP contribution in [0.4, 0.5) is 8.78 Å². The normalized spacial score (nSPS) is 21.5. The highest BCUT2D eigenvalue weighted by Crippen LogP contribution is 2.38. The quantitative estimate of drug-likeness (QED) is 0.607. The molecule has 2 unspecified atom stereocenters. The van der Waals surface area contributed by atoms with Gasteiger partial charge in [0.15, 0.2) is 0 Å². The minimum Gasteiger partial charge on any atom is -0.591 e. The number of benzene rings is 1. The summed E-state index contributed by atoms with van der Waals surface area (Å²) < 4.78 is 50.0. The van der Waals surface area contributed by atoms with Crippen LogP contribution in [-0.4, -0.2) is 27.7 Å². The maximum absolute atomic E-state index is 14.5. The van der Waals surface area contributed by atoms with Crippen molar-refractivity contribution in [2.45, 2.75) is 57.3 Å². The molecular weight excluding hydrogens is 320 g/mol. The lowest BCUT2D eigenvalue weighted by Gasteiger charge is -2.23. The van der Waals surface area contributed by atoms with Crippen molar-refractivity contribution in [1.82, 2.24) is 0 Å². The molecule has 0 N–H and O–H groups in total. The van der Waals surface area contributed by atoms with Gasteiger partial charge in [0.1, 0.15) is 22.2 Å². The van der Waals surface area contributed by atoms with Crippen LogP contribution < -0.4 is 0 Å². The Bertz CT molecular complexity index is 578. The van der Waals surface area contributed by atoms with Gasteiger partial charge in [0.25, 0.3) is 5.92 Å². The number of rotatable bonds is 4. The van der Waals surface area contributed by atoms with Gasteiger partial charge in [-0.2, -0.15) is 8.78 Å². The molecule has 0 bridgehead atoms. The number of halogens is 2. The lowest BCUT2D eigenvalue weighted by Crippen LogP contribution is -2.30. The third kappa shape index (κ3) is 4.31. The van der Waals surface area contributed by atoms with E-state index in [0.717, 1.165) is 0 Å². The van der Waals surface area contributed by atoms with Crippen molar-refractivity contribution in [3.8, 4) is 0 Å². The summed E-state index contributed by atoms with van der Waals surface area (Å²) in [4.78, 5) is 0. The van der Waals surface area contributed by atoms with Gasteiger partial charge in [-0.3, -0.25) is 0 Å². The molecule has 1 aliphatic rings. The molecule has 23 heavy (non-hydrogen) atoms. The van der Waals surface area contributed by atoms with Crippen molar-refractivity contribution in [3.63, 3.8) is 0 Å². The van der Waals surface area contributed by atoms with Crippen LogP contribution in [0.15, 0.2) is 28.7 Å². The third-order valence-electron chi connectivity index (χ3n) is 3.74. The van der Waals surface area contributed by atoms with E-state index in [0.29, 0.717) is 30.7 Å². The zero-order chi connectivity index (χ0) is 17.3. The van der Waals surface area contributed by atoms with E-state index in [-0.39, 0.29) is 5.56 Å². The van der Waals surface area contributed by atoms with Crippen LogP contribution in [0.3, 0.4) is 0 Å². The zero-order valence-corrected chi connectivity index (χ0v) is 14.8. The largest absolute Gasteiger partial charge is 0.591 e. The summed E-state index contributed by atoms with van der Waals surface area (Å²) >= 11 is -1.42. The Labute approximate surface area is 139 Å². The van der Waals surface area contributed by atoms with Gasteiger partial charge in [-0.05, 0) is 46.6 Å². The van der Waals surface area contributed by atoms with Crippen molar-refractivity contribution >= 4 is 17.1 Å². The summed E-state index contributed by atoms with van der Waals surface area (Å²) in [6, 6.07) is 6.10. The fourth-order valence-corrected chi connectivity index (χ4v) is 2.94. The van der Waals surface area contributed by atoms with Crippen LogP contribution in [0.25, 0.3) is 0 Å². The van der Waals surface area contributed by atoms with Gasteiger partial charge >= 0.3 is 0 Å². The van der Waals surface area contributed by atoms with Gasteiger partial charge < -0.3 is 9.29 Å². The van der Waals surface area contributed by atoms with Crippen molar-refractivity contribution in [3.05, 3.63) is 35.4 Å². The van der Waals surface area contributed by atoms with Crippen molar-refractivity contribution < 1.29 is 18.1 Å². The van der Waals surface area contributed by atoms with Crippen LogP contribution >= 0.6 is 0 Å². The fourth-order valence-electron chi connectivity index (χ4n) is 2.32. The summed E-state index contributed by atoms with van der Waals surface area (Å²) in [5.41, 5.74) is 0.957. The van der Waals surface area contributed by atoms with Crippen LogP contribution in [0.1, 0.15) is 51.7 Å². The molecule has 1 heterocycles. The molecule has 0 radical (unpaired) electrons. The second kappa shape index (κ2) is 6.87. The first-order chi connectivity index (χ1) is 10.6. The number of alkyl halides is 2. The van der Waals surface area contributed by atoms with Crippen LogP contribution in [0.2, 0.25) is 0 Å². The maximum Gasteiger partial charge on any atom is 0.298 e. The van der Waals surface area contributed by atoms with Crippen LogP contribution in [-0.2, 0) is 22.0 Å². The topological polar surface area (TPSA) is 44.7 Å². The molecule has 0 saturated carbocycles. The molecule has 0 aliphatic carbocycles. The first kappa shape index (κ1) is 18.4. The van der Waals surface area contributed by atoms with Gasteiger partial charge in [-0.15, -0.1) is 0 Å². The Morgan fingerprint density at radius 1 is 1.35 bits per heavy atom. The minimum absolute atomic E-state index is 0.0852. The molecule has 0 aromatic heterocycles. The summed E-state index contributed by atoms with van der Waals surface area (Å²) in [7, 11) is 0. The molecule has 0 amide bonds. The molecule has 2 rings (SSSR count). The molecule has 1 aliphatic heterocycles. The average molecular weight is 343 g/mol. The van der Waals surface area contributed by atoms with E-state index in [9.17, 15) is 13.3 Å². The lowest BCUT2D eigenvalue weighted by atomic mass is 9.98. The Kier molecular flexibility index (Phi) is 5.48. The third-order valence-corrected chi connectivity index (χ3v) is 5.23. The summed E-state index contributed by atoms with van der Waals surface area (Å²) in [6.07, 6.45) is -0.0534. The maximum atomic E-state index is 14.5. The molecule has 6 heteroatoms. The van der Waals surface area contributed by atoms with Gasteiger partial charge in [-0.25, -0.2) is 0 Å². The molecule has 2 atom stereocenters. The fraction of sp³-hybridized carbons (Fsp3) is 0.588. The molecule has 1 aromatic carbocycles. The van der Waals surface area contributed by atoms with E-state index in [1.807, 2.05) is 20.8 Å². The highest BCUT2D eigenvalue weighted by molar-refractivity contribution is 7.91. The standard InChI is InChI=1S/C17H23F2NO2S/c1-12(20-23(21)16(2,3)4)13-7-5-8-14(11-13)17(18,19)15-9-6-10-22-15/h5,7-8,11,15H,6,9-10H2,1-4H3/b20-12+. The van der Waals surface area contributed by atoms with E-state index < -0.39 is 28.1 Å². The Hall–Kier alpha value is -0.980. The average Bonchev–Trinajstić information content (AvgIpc) is 3.01. The van der Waals surface area contributed by atoms with Crippen LogP contribution in [0, 0.1) is 0 Å². The number of hydrogen-bond donors (Lipinski definition) is 0. The summed E-state index contributed by atoms with van der Waals surface area (Å²) in [5.74, 6) is -3.03. The highest BCUT2D eigenvalue weighted by atomic mass is 32.2. The number of ether oxygens (including phenoxy) is 1. The number of nitrogens with zero attached hydrogens (tertiary/aromatic N) is 1. The molecule has 1 aromatic rings. The van der Waals surface area contributed by atoms with Crippen molar-refractivity contribution in [1.29, 1.82) is 0 Å². The van der Waals surface area contributed by atoms with E-state index in [1.54, 1.807) is 19.1 Å². The van der Waals surface area contributed by atoms with E-state index in [4.69, 9.17) is 4.74 Å². The predicted octanol–water partition coefficient (Wildman–Crippen LogP) is 4.23. The van der Waals surface area contributed by atoms with Gasteiger partial charge in [0, 0.05) is 17.7 Å². The molecular formula is C17H23F2NO2S. The Balaban J connectivity index is 2.27. The Morgan fingerprint density at radius 3 is 2.61 bits per heavy atom. The van der Waals surface area contributed by atoms with Gasteiger partial charge in [0.2, 0.25) is 0 Å². The molecule has 0 spiro atoms. The second-order valence-electron chi connectivity index (χ2n) is 6.74. The second-order valence-corrected chi connectivity index (χ2v) is 8.65. The smallest absolute Gasteiger partial charge is 0.298 e. The SMILES string of the molecule is C/C(=N\[S+]([O-])C(C)(C)C)c1cccc(C(F)(F)C2CCCO2)c1. The molecule has 1 fully saturated rings. The lowest BCUT2D eigenvalue weighted by molar-refractivity contribution is -0.122. The first-order valence-electron chi connectivity index (χ1n) is 7.70. The van der Waals surface area contributed by atoms with Gasteiger partial charge in [-0.1, -0.05) is 22.6 Å².